The quantitative estimate of drug-likeness (QED) is 0.0397. The van der Waals surface area contributed by atoms with Gasteiger partial charge < -0.3 is 63.7 Å². The van der Waals surface area contributed by atoms with Crippen LogP contribution in [0.3, 0.4) is 0 Å². The van der Waals surface area contributed by atoms with E-state index in [0.29, 0.717) is 32.2 Å². The normalized spacial score (nSPS) is 17.4. The molecule has 2 saturated heterocycles. The molecule has 22 heteroatoms. The molecule has 0 aromatic carbocycles. The van der Waals surface area contributed by atoms with Crippen LogP contribution in [0.1, 0.15) is 78.6 Å². The Balaban J connectivity index is 1.89. The number of nitrogens with one attached hydrogen (secondary N) is 9. The lowest BCUT2D eigenvalue weighted by Crippen LogP contribution is -2.54. The van der Waals surface area contributed by atoms with Gasteiger partial charge in [-0.25, -0.2) is 0 Å². The minimum Gasteiger partial charge on any atom is -0.480 e. The fraction of sp³-hybridized carbons (Fsp3) is 0.649. The van der Waals surface area contributed by atoms with Crippen LogP contribution in [-0.4, -0.2) is 144 Å². The molecule has 0 aromatic heterocycles. The molecule has 59 heavy (non-hydrogen) atoms. The maximum atomic E-state index is 13.5. The van der Waals surface area contributed by atoms with Crippen LogP contribution in [0.5, 0.6) is 0 Å². The highest BCUT2D eigenvalue weighted by atomic mass is 16.4. The predicted octanol–water partition coefficient (Wildman–Crippen LogP) is -3.58. The van der Waals surface area contributed by atoms with E-state index in [1.54, 1.807) is 0 Å². The van der Waals surface area contributed by atoms with Crippen LogP contribution in [0.2, 0.25) is 0 Å². The number of nitrogens with two attached hydrogens (primary N) is 1. The average molecular weight is 834 g/mol. The number of ketones is 1. The van der Waals surface area contributed by atoms with Gasteiger partial charge in [0.05, 0.1) is 43.9 Å². The van der Waals surface area contributed by atoms with Gasteiger partial charge in [-0.2, -0.15) is 0 Å². The number of rotatable bonds is 25. The number of carbonyl (C=O) groups excluding carboxylic acids is 9. The molecular weight excluding hydrogens is 774 g/mol. The summed E-state index contributed by atoms with van der Waals surface area (Å²) in [5.41, 5.74) is 5.29. The molecule has 5 atom stereocenters. The van der Waals surface area contributed by atoms with E-state index < -0.39 is 122 Å². The van der Waals surface area contributed by atoms with Gasteiger partial charge in [0.25, 0.3) is 0 Å². The van der Waals surface area contributed by atoms with E-state index in [4.69, 9.17) is 16.2 Å². The SMILES string of the molecule is C=C(N)CC[C@H](NC(=O)CNC(=O)[C@@H]1CCCN1)C(=O)N[C@@H](CCC(C)C)C(=O)C(=N)CC(=O)NCC(=O)NC(C)C(=O)NCC(=O)N1CCC[C@H]1C(=O)NCC(=O)O. The largest absolute Gasteiger partial charge is 0.480 e. The number of carboxylic acids is 1. The summed E-state index contributed by atoms with van der Waals surface area (Å²) in [5, 5.41) is 37.0. The summed E-state index contributed by atoms with van der Waals surface area (Å²) in [7, 11) is 0. The zero-order chi connectivity index (χ0) is 44.2. The molecule has 1 unspecified atom stereocenters. The number of carboxylic acid groups (broad SMARTS) is 1. The van der Waals surface area contributed by atoms with Crippen molar-refractivity contribution in [3.05, 3.63) is 12.3 Å². The summed E-state index contributed by atoms with van der Waals surface area (Å²) in [5.74, 6) is -7.38. The van der Waals surface area contributed by atoms with Crippen LogP contribution in [0, 0.1) is 11.3 Å². The molecular formula is C37H59N11O11. The molecule has 0 radical (unpaired) electrons. The summed E-state index contributed by atoms with van der Waals surface area (Å²) >= 11 is 0. The lowest BCUT2D eigenvalue weighted by molar-refractivity contribution is -0.141. The molecule has 2 aliphatic heterocycles. The first-order valence-corrected chi connectivity index (χ1v) is 19.6. The van der Waals surface area contributed by atoms with E-state index in [1.165, 1.54) is 11.8 Å². The summed E-state index contributed by atoms with van der Waals surface area (Å²) in [6, 6.07) is -4.87. The van der Waals surface area contributed by atoms with E-state index in [2.05, 4.69) is 49.1 Å². The maximum absolute atomic E-state index is 13.5. The van der Waals surface area contributed by atoms with Gasteiger partial charge >= 0.3 is 5.97 Å². The lowest BCUT2D eigenvalue weighted by atomic mass is 9.96. The fourth-order valence-electron chi connectivity index (χ4n) is 6.18. The van der Waals surface area contributed by atoms with Gasteiger partial charge in [0.2, 0.25) is 47.3 Å². The van der Waals surface area contributed by atoms with Gasteiger partial charge in [-0.15, -0.1) is 0 Å². The van der Waals surface area contributed by atoms with Crippen LogP contribution in [0.25, 0.3) is 0 Å². The standard InChI is InChI=1S/C37H59N11O11/c1-20(2)9-11-24(47-36(58)26(12-10-21(3)38)46-30(51)17-42-35(57)25-7-5-13-40-25)33(55)23(39)15-28(49)41-16-29(50)45-22(4)34(56)43-18-31(52)48-14-6-8-27(48)37(59)44-19-32(53)54/h20,22,24-27,39-40H,3,5-19,38H2,1-2,4H3,(H,41,49)(H,42,57)(H,43,56)(H,44,59)(H,45,50)(H,46,51)(H,47,58)(H,53,54)/t22?,24-,25-,26-,27-/m0/s1. The highest BCUT2D eigenvalue weighted by Gasteiger charge is 2.35. The molecule has 2 heterocycles. The van der Waals surface area contributed by atoms with E-state index >= 15 is 0 Å². The third kappa shape index (κ3) is 18.0. The molecule has 22 nitrogen and oxygen atoms in total. The van der Waals surface area contributed by atoms with Crippen molar-refractivity contribution in [3.8, 4) is 0 Å². The third-order valence-electron chi connectivity index (χ3n) is 9.43. The van der Waals surface area contributed by atoms with Crippen LogP contribution < -0.4 is 48.3 Å². The smallest absolute Gasteiger partial charge is 0.322 e. The Kier molecular flexibility index (Phi) is 20.6. The topological polar surface area (TPSA) is 340 Å². The van der Waals surface area contributed by atoms with Gasteiger partial charge in [0.15, 0.2) is 5.78 Å². The van der Waals surface area contributed by atoms with Crippen molar-refractivity contribution in [2.24, 2.45) is 11.7 Å². The molecule has 0 bridgehead atoms. The molecule has 2 fully saturated rings. The molecule has 12 N–H and O–H groups in total. The number of likely N-dealkylation sites (tertiary alicyclic amines) is 1. The van der Waals surface area contributed by atoms with E-state index in [1.807, 2.05) is 13.8 Å². The molecule has 8 amide bonds. The van der Waals surface area contributed by atoms with Crippen molar-refractivity contribution in [2.75, 3.05) is 39.3 Å². The second kappa shape index (κ2) is 24.8. The van der Waals surface area contributed by atoms with Crippen LogP contribution in [-0.2, 0) is 47.9 Å². The highest BCUT2D eigenvalue weighted by molar-refractivity contribution is 6.43. The zero-order valence-corrected chi connectivity index (χ0v) is 33.8. The van der Waals surface area contributed by atoms with Crippen LogP contribution >= 0.6 is 0 Å². The number of hydrogen-bond donors (Lipinski definition) is 11. The Hall–Kier alpha value is -5.93. The molecule has 0 spiro atoms. The van der Waals surface area contributed by atoms with Crippen molar-refractivity contribution >= 4 is 64.7 Å². The van der Waals surface area contributed by atoms with Crippen molar-refractivity contribution < 1.29 is 53.1 Å². The fourth-order valence-corrected chi connectivity index (χ4v) is 6.18. The van der Waals surface area contributed by atoms with Crippen molar-refractivity contribution in [2.45, 2.75) is 109 Å². The first-order chi connectivity index (χ1) is 27.8. The molecule has 2 aliphatic rings. The first kappa shape index (κ1) is 49.2. The Morgan fingerprint density at radius 3 is 2.05 bits per heavy atom. The number of allylic oxidation sites excluding steroid dienone is 1. The van der Waals surface area contributed by atoms with Gasteiger partial charge in [-0.3, -0.25) is 47.9 Å². The second-order valence-electron chi connectivity index (χ2n) is 14.9. The van der Waals surface area contributed by atoms with E-state index in [-0.39, 0.29) is 43.3 Å². The second-order valence-corrected chi connectivity index (χ2v) is 14.9. The molecule has 328 valence electrons. The van der Waals surface area contributed by atoms with Gasteiger partial charge in [-0.05, 0) is 70.8 Å². The van der Waals surface area contributed by atoms with Crippen molar-refractivity contribution in [1.82, 2.24) is 47.4 Å². The van der Waals surface area contributed by atoms with E-state index in [9.17, 15) is 47.9 Å². The summed E-state index contributed by atoms with van der Waals surface area (Å²) < 4.78 is 0. The first-order valence-electron chi connectivity index (χ1n) is 19.6. The zero-order valence-electron chi connectivity index (χ0n) is 33.8. The maximum Gasteiger partial charge on any atom is 0.322 e. The average Bonchev–Trinajstić information content (AvgIpc) is 3.90. The predicted molar refractivity (Wildman–Crippen MR) is 211 cm³/mol. The Labute approximate surface area is 342 Å². The van der Waals surface area contributed by atoms with Gasteiger partial charge in [0.1, 0.15) is 24.7 Å². The number of hydrogen-bond acceptors (Lipinski definition) is 13. The Morgan fingerprint density at radius 2 is 1.42 bits per heavy atom. The Bertz CT molecular complexity index is 1610. The van der Waals surface area contributed by atoms with Crippen molar-refractivity contribution in [1.29, 1.82) is 5.41 Å². The molecule has 0 aliphatic carbocycles. The molecule has 2 rings (SSSR count). The van der Waals surface area contributed by atoms with Crippen LogP contribution in [0.4, 0.5) is 0 Å². The van der Waals surface area contributed by atoms with Gasteiger partial charge in [-0.1, -0.05) is 20.4 Å². The minimum absolute atomic E-state index is 0.0210. The summed E-state index contributed by atoms with van der Waals surface area (Å²) in [4.78, 5) is 127. The molecule has 0 saturated carbocycles. The Morgan fingerprint density at radius 1 is 0.763 bits per heavy atom. The third-order valence-corrected chi connectivity index (χ3v) is 9.43. The van der Waals surface area contributed by atoms with Crippen LogP contribution in [0.15, 0.2) is 12.3 Å². The number of carbonyl (C=O) groups is 10. The number of amides is 8. The number of nitrogens with zero attached hydrogens (tertiary/aromatic N) is 1. The van der Waals surface area contributed by atoms with E-state index in [0.717, 1.165) is 6.42 Å². The number of aliphatic carboxylic acids is 1. The summed E-state index contributed by atoms with van der Waals surface area (Å²) in [6.07, 6.45) is 2.27. The minimum atomic E-state index is -1.24. The van der Waals surface area contributed by atoms with Gasteiger partial charge in [0, 0.05) is 12.2 Å². The van der Waals surface area contributed by atoms with Crippen molar-refractivity contribution in [3.63, 3.8) is 0 Å². The molecule has 0 aromatic rings. The monoisotopic (exact) mass is 833 g/mol. The summed E-state index contributed by atoms with van der Waals surface area (Å²) in [6.45, 7) is 7.52. The number of Topliss-reactive ketones (excluding diaryl/α,β-unsaturated/α-hetero) is 1. The lowest BCUT2D eigenvalue weighted by Gasteiger charge is -2.24. The highest BCUT2D eigenvalue weighted by Crippen LogP contribution is 2.17.